The second-order valence-electron chi connectivity index (χ2n) is 4.90. The first-order valence-corrected chi connectivity index (χ1v) is 6.57. The zero-order chi connectivity index (χ0) is 15.4. The molecule has 108 valence electrons. The van der Waals surface area contributed by atoms with Crippen molar-refractivity contribution < 1.29 is 9.72 Å². The molecule has 0 spiro atoms. The summed E-state index contributed by atoms with van der Waals surface area (Å²) in [7, 11) is 0. The average Bonchev–Trinajstić information content (AvgIpc) is 2.44. The van der Waals surface area contributed by atoms with Gasteiger partial charge in [-0.05, 0) is 36.6 Å². The summed E-state index contributed by atoms with van der Waals surface area (Å²) < 4.78 is 0. The van der Waals surface area contributed by atoms with Crippen molar-refractivity contribution in [3.63, 3.8) is 0 Å². The van der Waals surface area contributed by atoms with Gasteiger partial charge in [-0.2, -0.15) is 0 Å². The van der Waals surface area contributed by atoms with Crippen LogP contribution in [0.3, 0.4) is 0 Å². The molecule has 0 radical (unpaired) electrons. The Balaban J connectivity index is 2.04. The molecule has 2 rings (SSSR count). The number of benzene rings is 2. The molecule has 5 heteroatoms. The van der Waals surface area contributed by atoms with E-state index in [-0.39, 0.29) is 18.0 Å². The first-order chi connectivity index (χ1) is 9.97. The zero-order valence-electron chi connectivity index (χ0n) is 11.9. The molecular weight excluding hydrogens is 268 g/mol. The van der Waals surface area contributed by atoms with Gasteiger partial charge in [-0.3, -0.25) is 14.9 Å². The minimum Gasteiger partial charge on any atom is -0.326 e. The first-order valence-electron chi connectivity index (χ1n) is 6.57. The second-order valence-corrected chi connectivity index (χ2v) is 4.90. The lowest BCUT2D eigenvalue weighted by molar-refractivity contribution is -0.384. The maximum Gasteiger partial charge on any atom is 0.269 e. The molecule has 1 amide bonds. The minimum atomic E-state index is -0.458. The number of aryl methyl sites for hydroxylation is 1. The van der Waals surface area contributed by atoms with Crippen molar-refractivity contribution in [3.8, 4) is 0 Å². The molecule has 0 aliphatic carbocycles. The number of carbonyl (C=O) groups excluding carboxylic acids is 1. The molecule has 0 fully saturated rings. The maximum atomic E-state index is 12.0. The lowest BCUT2D eigenvalue weighted by Gasteiger charge is -2.10. The van der Waals surface area contributed by atoms with E-state index in [1.165, 1.54) is 12.1 Å². The van der Waals surface area contributed by atoms with E-state index in [9.17, 15) is 14.9 Å². The number of rotatable bonds is 4. The predicted octanol–water partition coefficient (Wildman–Crippen LogP) is 3.39. The molecule has 0 bridgehead atoms. The number of nitro benzene ring substituents is 1. The third-order valence-corrected chi connectivity index (χ3v) is 3.39. The van der Waals surface area contributed by atoms with Crippen LogP contribution in [-0.2, 0) is 11.2 Å². The van der Waals surface area contributed by atoms with Gasteiger partial charge in [-0.1, -0.05) is 24.3 Å². The van der Waals surface area contributed by atoms with Crippen LogP contribution in [0.25, 0.3) is 0 Å². The summed E-state index contributed by atoms with van der Waals surface area (Å²) in [6.07, 6.45) is 0.186. The van der Waals surface area contributed by atoms with Gasteiger partial charge < -0.3 is 5.32 Å². The standard InChI is InChI=1S/C16H16N2O3/c1-11-4-3-5-15(12(11)2)17-16(19)10-13-6-8-14(9-7-13)18(20)21/h3-9H,10H2,1-2H3,(H,17,19). The van der Waals surface area contributed by atoms with Gasteiger partial charge in [-0.15, -0.1) is 0 Å². The van der Waals surface area contributed by atoms with Crippen LogP contribution in [-0.4, -0.2) is 10.8 Å². The fraction of sp³-hybridized carbons (Fsp3) is 0.188. The Bertz CT molecular complexity index is 678. The fourth-order valence-electron chi connectivity index (χ4n) is 2.00. The number of nitro groups is 1. The first kappa shape index (κ1) is 14.7. The number of anilines is 1. The smallest absolute Gasteiger partial charge is 0.269 e. The molecule has 0 saturated carbocycles. The van der Waals surface area contributed by atoms with Gasteiger partial charge in [0, 0.05) is 17.8 Å². The SMILES string of the molecule is Cc1cccc(NC(=O)Cc2ccc([N+](=O)[O-])cc2)c1C. The molecule has 0 atom stereocenters. The summed E-state index contributed by atoms with van der Waals surface area (Å²) in [5, 5.41) is 13.4. The maximum absolute atomic E-state index is 12.0. The van der Waals surface area contributed by atoms with Gasteiger partial charge in [0.15, 0.2) is 0 Å². The van der Waals surface area contributed by atoms with Crippen molar-refractivity contribution in [2.75, 3.05) is 5.32 Å². The van der Waals surface area contributed by atoms with E-state index >= 15 is 0 Å². The van der Waals surface area contributed by atoms with Crippen molar-refractivity contribution in [2.45, 2.75) is 20.3 Å². The van der Waals surface area contributed by atoms with Gasteiger partial charge >= 0.3 is 0 Å². The highest BCUT2D eigenvalue weighted by atomic mass is 16.6. The highest BCUT2D eigenvalue weighted by molar-refractivity contribution is 5.93. The lowest BCUT2D eigenvalue weighted by Crippen LogP contribution is -2.15. The third-order valence-electron chi connectivity index (χ3n) is 3.39. The Hall–Kier alpha value is -2.69. The van der Waals surface area contributed by atoms with E-state index in [0.29, 0.717) is 0 Å². The van der Waals surface area contributed by atoms with Crippen LogP contribution in [0, 0.1) is 24.0 Å². The van der Waals surface area contributed by atoms with E-state index in [1.54, 1.807) is 12.1 Å². The Kier molecular flexibility index (Phi) is 4.33. The van der Waals surface area contributed by atoms with Crippen LogP contribution in [0.5, 0.6) is 0 Å². The largest absolute Gasteiger partial charge is 0.326 e. The molecule has 0 saturated heterocycles. The average molecular weight is 284 g/mol. The molecular formula is C16H16N2O3. The Morgan fingerprint density at radius 2 is 1.81 bits per heavy atom. The van der Waals surface area contributed by atoms with Gasteiger partial charge in [0.25, 0.3) is 5.69 Å². The van der Waals surface area contributed by atoms with Crippen LogP contribution in [0.4, 0.5) is 11.4 Å². The van der Waals surface area contributed by atoms with Gasteiger partial charge in [0.2, 0.25) is 5.91 Å². The van der Waals surface area contributed by atoms with Crippen molar-refractivity contribution >= 4 is 17.3 Å². The zero-order valence-corrected chi connectivity index (χ0v) is 11.9. The number of carbonyl (C=O) groups is 1. The molecule has 0 aromatic heterocycles. The Labute approximate surface area is 122 Å². The molecule has 0 unspecified atom stereocenters. The summed E-state index contributed by atoms with van der Waals surface area (Å²) in [4.78, 5) is 22.1. The fourth-order valence-corrected chi connectivity index (χ4v) is 2.00. The lowest BCUT2D eigenvalue weighted by atomic mass is 10.1. The second kappa shape index (κ2) is 6.17. The summed E-state index contributed by atoms with van der Waals surface area (Å²) >= 11 is 0. The van der Waals surface area contributed by atoms with Crippen LogP contribution >= 0.6 is 0 Å². The van der Waals surface area contributed by atoms with Crippen LogP contribution in [0.15, 0.2) is 42.5 Å². The number of hydrogen-bond acceptors (Lipinski definition) is 3. The van der Waals surface area contributed by atoms with E-state index < -0.39 is 4.92 Å². The highest BCUT2D eigenvalue weighted by Gasteiger charge is 2.09. The molecule has 2 aromatic carbocycles. The summed E-state index contributed by atoms with van der Waals surface area (Å²) in [6, 6.07) is 11.7. The predicted molar refractivity (Wildman–Crippen MR) is 81.3 cm³/mol. The third kappa shape index (κ3) is 3.66. The van der Waals surface area contributed by atoms with E-state index in [4.69, 9.17) is 0 Å². The molecule has 0 aliphatic heterocycles. The normalized spacial score (nSPS) is 10.2. The number of nitrogens with zero attached hydrogens (tertiary/aromatic N) is 1. The molecule has 5 nitrogen and oxygen atoms in total. The van der Waals surface area contributed by atoms with Crippen LogP contribution in [0.2, 0.25) is 0 Å². The highest BCUT2D eigenvalue weighted by Crippen LogP contribution is 2.18. The van der Waals surface area contributed by atoms with Crippen molar-refractivity contribution in [3.05, 3.63) is 69.3 Å². The van der Waals surface area contributed by atoms with Gasteiger partial charge in [0.1, 0.15) is 0 Å². The number of amides is 1. The van der Waals surface area contributed by atoms with Crippen molar-refractivity contribution in [1.29, 1.82) is 0 Å². The van der Waals surface area contributed by atoms with E-state index in [2.05, 4.69) is 5.32 Å². The van der Waals surface area contributed by atoms with Gasteiger partial charge in [0.05, 0.1) is 11.3 Å². The Morgan fingerprint density at radius 1 is 1.14 bits per heavy atom. The molecule has 2 aromatic rings. The summed E-state index contributed by atoms with van der Waals surface area (Å²) in [6.45, 7) is 3.94. The van der Waals surface area contributed by atoms with Crippen LogP contribution < -0.4 is 5.32 Å². The molecule has 0 aliphatic rings. The minimum absolute atomic E-state index is 0.0219. The topological polar surface area (TPSA) is 72.2 Å². The van der Waals surface area contributed by atoms with E-state index in [0.717, 1.165) is 22.4 Å². The number of non-ortho nitro benzene ring substituents is 1. The monoisotopic (exact) mass is 284 g/mol. The quantitative estimate of drug-likeness (QED) is 0.691. The molecule has 0 heterocycles. The summed E-state index contributed by atoms with van der Waals surface area (Å²) in [5.41, 5.74) is 3.71. The summed E-state index contributed by atoms with van der Waals surface area (Å²) in [5.74, 6) is -0.141. The van der Waals surface area contributed by atoms with Crippen molar-refractivity contribution in [2.24, 2.45) is 0 Å². The molecule has 21 heavy (non-hydrogen) atoms. The molecule has 1 N–H and O–H groups in total. The number of nitrogens with one attached hydrogen (secondary N) is 1. The number of hydrogen-bond donors (Lipinski definition) is 1. The van der Waals surface area contributed by atoms with Crippen LogP contribution in [0.1, 0.15) is 16.7 Å². The van der Waals surface area contributed by atoms with E-state index in [1.807, 2.05) is 32.0 Å². The Morgan fingerprint density at radius 3 is 2.43 bits per heavy atom. The van der Waals surface area contributed by atoms with Crippen molar-refractivity contribution in [1.82, 2.24) is 0 Å². The van der Waals surface area contributed by atoms with Gasteiger partial charge in [-0.25, -0.2) is 0 Å².